The molecule has 2 aromatic rings. The molecule has 0 bridgehead atoms. The van der Waals surface area contributed by atoms with Gasteiger partial charge in [-0.3, -0.25) is 0 Å². The van der Waals surface area contributed by atoms with Gasteiger partial charge in [0, 0.05) is 12.6 Å². The zero-order valence-electron chi connectivity index (χ0n) is 11.7. The lowest BCUT2D eigenvalue weighted by atomic mass is 10.0. The molecule has 0 aliphatic carbocycles. The quantitative estimate of drug-likeness (QED) is 0.905. The summed E-state index contributed by atoms with van der Waals surface area (Å²) in [4.78, 5) is 6.78. The Morgan fingerprint density at radius 2 is 2.30 bits per heavy atom. The number of nitrogens with two attached hydrogens (primary N) is 1. The Labute approximate surface area is 118 Å². The molecular weight excluding hydrogens is 250 g/mol. The van der Waals surface area contributed by atoms with Crippen LogP contribution in [0.4, 0.5) is 5.95 Å². The van der Waals surface area contributed by atoms with Gasteiger partial charge in [0.05, 0.1) is 22.7 Å². The third-order valence-electron chi connectivity index (χ3n) is 4.22. The van der Waals surface area contributed by atoms with Crippen molar-refractivity contribution in [3.8, 4) is 6.07 Å². The van der Waals surface area contributed by atoms with E-state index in [9.17, 15) is 0 Å². The summed E-state index contributed by atoms with van der Waals surface area (Å²) in [5, 5.41) is 9.04. The highest BCUT2D eigenvalue weighted by atomic mass is 15.2. The first-order valence-corrected chi connectivity index (χ1v) is 7.05. The summed E-state index contributed by atoms with van der Waals surface area (Å²) in [6, 6.07) is 8.20. The predicted octanol–water partition coefficient (Wildman–Crippen LogP) is 1.97. The number of nitriles is 1. The Hall–Kier alpha value is -2.06. The summed E-state index contributed by atoms with van der Waals surface area (Å²) < 4.78 is 2.04. The van der Waals surface area contributed by atoms with Crippen molar-refractivity contribution in [2.45, 2.75) is 31.8 Å². The van der Waals surface area contributed by atoms with Crippen LogP contribution < -0.4 is 5.73 Å². The molecule has 1 aromatic heterocycles. The first-order chi connectivity index (χ1) is 9.69. The maximum Gasteiger partial charge on any atom is 0.201 e. The van der Waals surface area contributed by atoms with Gasteiger partial charge in [-0.05, 0) is 44.6 Å². The van der Waals surface area contributed by atoms with Crippen LogP contribution in [0.3, 0.4) is 0 Å². The molecule has 3 rings (SSSR count). The van der Waals surface area contributed by atoms with Crippen LogP contribution >= 0.6 is 0 Å². The summed E-state index contributed by atoms with van der Waals surface area (Å²) in [6.45, 7) is 1.98. The van der Waals surface area contributed by atoms with Crippen molar-refractivity contribution in [1.82, 2.24) is 14.5 Å². The first kappa shape index (κ1) is 12.9. The van der Waals surface area contributed by atoms with Crippen LogP contribution in [0.5, 0.6) is 0 Å². The maximum absolute atomic E-state index is 9.04. The zero-order chi connectivity index (χ0) is 14.1. The molecule has 0 radical (unpaired) electrons. The number of fused-ring (bicyclic) bond motifs is 1. The van der Waals surface area contributed by atoms with Crippen LogP contribution in [0.25, 0.3) is 11.0 Å². The lowest BCUT2D eigenvalue weighted by molar-refractivity contribution is 0.169. The Morgan fingerprint density at radius 1 is 1.45 bits per heavy atom. The molecular formula is C15H19N5. The van der Waals surface area contributed by atoms with Crippen molar-refractivity contribution in [1.29, 1.82) is 5.26 Å². The monoisotopic (exact) mass is 269 g/mol. The van der Waals surface area contributed by atoms with E-state index in [4.69, 9.17) is 11.0 Å². The Kier molecular flexibility index (Phi) is 3.33. The molecule has 2 heterocycles. The number of piperidine rings is 1. The molecule has 20 heavy (non-hydrogen) atoms. The molecule has 0 spiro atoms. The van der Waals surface area contributed by atoms with Crippen molar-refractivity contribution in [3.05, 3.63) is 23.8 Å². The third kappa shape index (κ3) is 2.23. The summed E-state index contributed by atoms with van der Waals surface area (Å²) >= 11 is 0. The maximum atomic E-state index is 9.04. The van der Waals surface area contributed by atoms with Crippen molar-refractivity contribution < 1.29 is 0 Å². The fourth-order valence-corrected chi connectivity index (χ4v) is 2.99. The number of rotatable bonds is 2. The summed E-state index contributed by atoms with van der Waals surface area (Å²) in [6.07, 6.45) is 3.73. The second-order valence-corrected chi connectivity index (χ2v) is 5.53. The van der Waals surface area contributed by atoms with Crippen LogP contribution in [-0.4, -0.2) is 34.1 Å². The normalized spacial score (nSPS) is 20.1. The number of nitrogen functional groups attached to an aromatic ring is 1. The van der Waals surface area contributed by atoms with E-state index in [1.54, 1.807) is 6.07 Å². The average Bonchev–Trinajstić information content (AvgIpc) is 2.77. The van der Waals surface area contributed by atoms with E-state index in [0.717, 1.165) is 24.1 Å². The number of likely N-dealkylation sites (N-methyl/N-ethyl adjacent to an activating group) is 1. The minimum absolute atomic E-state index is 0.495. The minimum Gasteiger partial charge on any atom is -0.369 e. The summed E-state index contributed by atoms with van der Waals surface area (Å²) in [5.74, 6) is 0.536. The largest absolute Gasteiger partial charge is 0.369 e. The highest BCUT2D eigenvalue weighted by molar-refractivity contribution is 5.79. The van der Waals surface area contributed by atoms with Gasteiger partial charge >= 0.3 is 0 Å². The number of anilines is 1. The van der Waals surface area contributed by atoms with Gasteiger partial charge in [-0.1, -0.05) is 6.42 Å². The van der Waals surface area contributed by atoms with Gasteiger partial charge in [0.25, 0.3) is 0 Å². The van der Waals surface area contributed by atoms with E-state index in [-0.39, 0.29) is 0 Å². The van der Waals surface area contributed by atoms with Crippen LogP contribution in [-0.2, 0) is 6.54 Å². The lowest BCUT2D eigenvalue weighted by Gasteiger charge is -2.32. The summed E-state index contributed by atoms with van der Waals surface area (Å²) in [7, 11) is 2.17. The van der Waals surface area contributed by atoms with E-state index in [1.165, 1.54) is 19.3 Å². The molecule has 1 unspecified atom stereocenters. The molecule has 1 atom stereocenters. The fraction of sp³-hybridized carbons (Fsp3) is 0.467. The highest BCUT2D eigenvalue weighted by Crippen LogP contribution is 2.23. The Morgan fingerprint density at radius 3 is 3.05 bits per heavy atom. The molecule has 0 amide bonds. The van der Waals surface area contributed by atoms with Gasteiger partial charge in [0.1, 0.15) is 0 Å². The molecule has 5 nitrogen and oxygen atoms in total. The van der Waals surface area contributed by atoms with Crippen molar-refractivity contribution in [2.75, 3.05) is 19.3 Å². The predicted molar refractivity (Wildman–Crippen MR) is 79.1 cm³/mol. The van der Waals surface area contributed by atoms with Crippen LogP contribution in [0, 0.1) is 11.3 Å². The number of likely N-dealkylation sites (tertiary alicyclic amines) is 1. The second kappa shape index (κ2) is 5.14. The number of benzene rings is 1. The number of imidazole rings is 1. The van der Waals surface area contributed by atoms with Crippen molar-refractivity contribution in [2.24, 2.45) is 0 Å². The molecule has 1 aromatic carbocycles. The topological polar surface area (TPSA) is 70.9 Å². The molecule has 1 fully saturated rings. The van der Waals surface area contributed by atoms with Crippen LogP contribution in [0.2, 0.25) is 0 Å². The standard InChI is InChI=1S/C15H19N5/c1-19-7-3-2-4-12(19)10-20-14-8-11(9-16)5-6-13(14)18-15(20)17/h5-6,8,12H,2-4,7,10H2,1H3,(H2,17,18). The average molecular weight is 269 g/mol. The SMILES string of the molecule is CN1CCCCC1Cn1c(N)nc2ccc(C#N)cc21. The molecule has 1 aliphatic rings. The van der Waals surface area contributed by atoms with Gasteiger partial charge in [-0.2, -0.15) is 5.26 Å². The molecule has 1 saturated heterocycles. The van der Waals surface area contributed by atoms with Crippen molar-refractivity contribution >= 4 is 17.0 Å². The number of aromatic nitrogens is 2. The van der Waals surface area contributed by atoms with E-state index >= 15 is 0 Å². The van der Waals surface area contributed by atoms with E-state index in [0.29, 0.717) is 17.6 Å². The fourth-order valence-electron chi connectivity index (χ4n) is 2.99. The van der Waals surface area contributed by atoms with Gasteiger partial charge in [-0.25, -0.2) is 4.98 Å². The van der Waals surface area contributed by atoms with Crippen LogP contribution in [0.1, 0.15) is 24.8 Å². The van der Waals surface area contributed by atoms with Gasteiger partial charge in [0.15, 0.2) is 0 Å². The van der Waals surface area contributed by atoms with E-state index in [1.807, 2.05) is 16.7 Å². The molecule has 2 N–H and O–H groups in total. The van der Waals surface area contributed by atoms with E-state index in [2.05, 4.69) is 23.0 Å². The number of hydrogen-bond acceptors (Lipinski definition) is 4. The first-order valence-electron chi connectivity index (χ1n) is 7.05. The second-order valence-electron chi connectivity index (χ2n) is 5.53. The lowest BCUT2D eigenvalue weighted by Crippen LogP contribution is -2.39. The Bertz CT molecular complexity index is 667. The third-order valence-corrected chi connectivity index (χ3v) is 4.22. The Balaban J connectivity index is 1.97. The van der Waals surface area contributed by atoms with Crippen LogP contribution in [0.15, 0.2) is 18.2 Å². The minimum atomic E-state index is 0.495. The number of nitrogens with zero attached hydrogens (tertiary/aromatic N) is 4. The molecule has 104 valence electrons. The van der Waals surface area contributed by atoms with E-state index < -0.39 is 0 Å². The molecule has 1 aliphatic heterocycles. The van der Waals surface area contributed by atoms with Gasteiger partial charge < -0.3 is 15.2 Å². The zero-order valence-corrected chi connectivity index (χ0v) is 11.7. The van der Waals surface area contributed by atoms with Crippen molar-refractivity contribution in [3.63, 3.8) is 0 Å². The smallest absolute Gasteiger partial charge is 0.201 e. The summed E-state index contributed by atoms with van der Waals surface area (Å²) in [5.41, 5.74) is 8.53. The highest BCUT2D eigenvalue weighted by Gasteiger charge is 2.21. The molecule has 5 heteroatoms. The molecule has 0 saturated carbocycles. The number of hydrogen-bond donors (Lipinski definition) is 1. The van der Waals surface area contributed by atoms with Gasteiger partial charge in [0.2, 0.25) is 5.95 Å². The van der Waals surface area contributed by atoms with Gasteiger partial charge in [-0.15, -0.1) is 0 Å².